The third kappa shape index (κ3) is 11.2. The molecule has 1 unspecified atom stereocenters. The summed E-state index contributed by atoms with van der Waals surface area (Å²) >= 11 is 0. The van der Waals surface area contributed by atoms with Crippen LogP contribution in [0.4, 0.5) is 0 Å². The molecular formula is C3H11CaO2P. The molecule has 0 aromatic heterocycles. The normalized spacial score (nSPS) is 12.3. The fourth-order valence-corrected chi connectivity index (χ4v) is 0.610. The Morgan fingerprint density at radius 1 is 1.71 bits per heavy atom. The molecule has 0 saturated heterocycles. The van der Waals surface area contributed by atoms with E-state index in [9.17, 15) is 4.57 Å². The topological polar surface area (TPSA) is 26.3 Å². The Morgan fingerprint density at radius 3 is 2.14 bits per heavy atom. The van der Waals surface area contributed by atoms with Crippen molar-refractivity contribution in [1.82, 2.24) is 0 Å². The standard InChI is InChI=1S/C3H9O2P.Ca.2H/c1-3-5-6(2)4;;;/h6H,3H2,1-2H3;;;. The number of hydrogen-bond donors (Lipinski definition) is 0. The first kappa shape index (κ1) is 11.3. The summed E-state index contributed by atoms with van der Waals surface area (Å²) in [6.45, 7) is 3.97. The molecule has 0 spiro atoms. The summed E-state index contributed by atoms with van der Waals surface area (Å²) in [5, 5.41) is 0. The van der Waals surface area contributed by atoms with Crippen LogP contribution >= 0.6 is 8.03 Å². The van der Waals surface area contributed by atoms with Crippen LogP contribution < -0.4 is 0 Å². The molecule has 0 aliphatic heterocycles. The Kier molecular flexibility index (Phi) is 12.0. The van der Waals surface area contributed by atoms with Gasteiger partial charge in [-0.3, -0.25) is 4.57 Å². The molecule has 42 valence electrons. The number of rotatable bonds is 2. The van der Waals surface area contributed by atoms with Crippen molar-refractivity contribution in [2.75, 3.05) is 13.3 Å². The van der Waals surface area contributed by atoms with Crippen molar-refractivity contribution in [3.8, 4) is 0 Å². The molecule has 0 aromatic rings. The summed E-state index contributed by atoms with van der Waals surface area (Å²) in [6.07, 6.45) is 0. The average Bonchev–Trinajstić information content (AvgIpc) is 1.35. The van der Waals surface area contributed by atoms with Gasteiger partial charge in [-0.1, -0.05) is 0 Å². The molecule has 0 fully saturated rings. The summed E-state index contributed by atoms with van der Waals surface area (Å²) in [7, 11) is -1.64. The SMILES string of the molecule is CCO[PH](C)=O.[CaH2]. The first-order chi connectivity index (χ1) is 2.77. The third-order valence-corrected chi connectivity index (χ3v) is 1.04. The monoisotopic (exact) mass is 150 g/mol. The zero-order chi connectivity index (χ0) is 4.99. The van der Waals surface area contributed by atoms with Gasteiger partial charge in [0.25, 0.3) is 0 Å². The van der Waals surface area contributed by atoms with E-state index >= 15 is 0 Å². The molecule has 0 amide bonds. The Morgan fingerprint density at radius 2 is 2.14 bits per heavy atom. The summed E-state index contributed by atoms with van der Waals surface area (Å²) in [5.74, 6) is 0. The third-order valence-electron chi connectivity index (χ3n) is 0.348. The molecular weight excluding hydrogens is 139 g/mol. The van der Waals surface area contributed by atoms with Crippen molar-refractivity contribution in [3.63, 3.8) is 0 Å². The van der Waals surface area contributed by atoms with Gasteiger partial charge in [-0.25, -0.2) is 0 Å². The molecule has 0 N–H and O–H groups in total. The molecule has 0 aliphatic carbocycles. The fraction of sp³-hybridized carbons (Fsp3) is 1.00. The molecule has 2 nitrogen and oxygen atoms in total. The van der Waals surface area contributed by atoms with Gasteiger partial charge in [-0.2, -0.15) is 0 Å². The predicted octanol–water partition coefficient (Wildman–Crippen LogP) is 0.211. The maximum absolute atomic E-state index is 10.0. The van der Waals surface area contributed by atoms with Crippen LogP contribution in [-0.4, -0.2) is 51.0 Å². The first-order valence-corrected chi connectivity index (χ1v) is 3.72. The predicted molar refractivity (Wildman–Crippen MR) is 35.1 cm³/mol. The Bertz CT molecular complexity index is 56.9. The van der Waals surface area contributed by atoms with Gasteiger partial charge in [0.1, 0.15) is 0 Å². The van der Waals surface area contributed by atoms with Crippen molar-refractivity contribution < 1.29 is 9.09 Å². The van der Waals surface area contributed by atoms with Gasteiger partial charge in [0.05, 0.1) is 6.61 Å². The Labute approximate surface area is 74.5 Å². The summed E-state index contributed by atoms with van der Waals surface area (Å²) in [4.78, 5) is 0. The van der Waals surface area contributed by atoms with E-state index < -0.39 is 8.03 Å². The van der Waals surface area contributed by atoms with E-state index in [1.54, 1.807) is 6.66 Å². The zero-order valence-electron chi connectivity index (χ0n) is 4.02. The summed E-state index contributed by atoms with van der Waals surface area (Å²) < 4.78 is 14.6. The molecule has 1 atom stereocenters. The molecule has 0 radical (unpaired) electrons. The zero-order valence-corrected chi connectivity index (χ0v) is 5.02. The average molecular weight is 150 g/mol. The minimum absolute atomic E-state index is 0. The van der Waals surface area contributed by atoms with Crippen LogP contribution in [0.25, 0.3) is 0 Å². The van der Waals surface area contributed by atoms with Crippen molar-refractivity contribution in [2.45, 2.75) is 6.92 Å². The fourth-order valence-electron chi connectivity index (χ4n) is 0.203. The molecule has 0 aliphatic rings. The summed E-state index contributed by atoms with van der Waals surface area (Å²) in [6, 6.07) is 0. The van der Waals surface area contributed by atoms with Crippen LogP contribution in [0.3, 0.4) is 0 Å². The van der Waals surface area contributed by atoms with Crippen molar-refractivity contribution in [3.05, 3.63) is 0 Å². The van der Waals surface area contributed by atoms with Gasteiger partial charge >= 0.3 is 37.7 Å². The molecule has 0 heterocycles. The van der Waals surface area contributed by atoms with Crippen molar-refractivity contribution in [2.24, 2.45) is 0 Å². The van der Waals surface area contributed by atoms with Crippen LogP contribution in [-0.2, 0) is 9.09 Å². The minimum atomic E-state index is -1.64. The van der Waals surface area contributed by atoms with Gasteiger partial charge in [-0.05, 0) is 6.92 Å². The molecule has 7 heavy (non-hydrogen) atoms. The second kappa shape index (κ2) is 7.45. The van der Waals surface area contributed by atoms with Crippen molar-refractivity contribution >= 4 is 45.8 Å². The van der Waals surface area contributed by atoms with E-state index in [1.165, 1.54) is 0 Å². The van der Waals surface area contributed by atoms with E-state index in [-0.39, 0.29) is 37.7 Å². The van der Waals surface area contributed by atoms with E-state index in [2.05, 4.69) is 4.52 Å². The molecule has 0 bridgehead atoms. The quantitative estimate of drug-likeness (QED) is 0.415. The molecule has 0 saturated carbocycles. The van der Waals surface area contributed by atoms with Gasteiger partial charge < -0.3 is 4.52 Å². The van der Waals surface area contributed by atoms with Crippen LogP contribution in [0.1, 0.15) is 6.92 Å². The van der Waals surface area contributed by atoms with E-state index in [1.807, 2.05) is 6.92 Å². The van der Waals surface area contributed by atoms with Crippen LogP contribution in [0.15, 0.2) is 0 Å². The van der Waals surface area contributed by atoms with Gasteiger partial charge in [-0.15, -0.1) is 0 Å². The van der Waals surface area contributed by atoms with E-state index in [4.69, 9.17) is 0 Å². The summed E-state index contributed by atoms with van der Waals surface area (Å²) in [5.41, 5.74) is 0. The van der Waals surface area contributed by atoms with Crippen LogP contribution in [0.5, 0.6) is 0 Å². The second-order valence-corrected chi connectivity index (χ2v) is 2.20. The van der Waals surface area contributed by atoms with Gasteiger partial charge in [0.2, 0.25) is 0 Å². The molecule has 4 heteroatoms. The Hall–Kier alpha value is 1.45. The first-order valence-electron chi connectivity index (χ1n) is 1.90. The number of hydrogen-bond acceptors (Lipinski definition) is 2. The van der Waals surface area contributed by atoms with E-state index in [0.717, 1.165) is 0 Å². The molecule has 0 rings (SSSR count). The van der Waals surface area contributed by atoms with Crippen molar-refractivity contribution in [1.29, 1.82) is 0 Å². The van der Waals surface area contributed by atoms with Gasteiger partial charge in [0, 0.05) is 6.66 Å². The Balaban J connectivity index is 0. The van der Waals surface area contributed by atoms with E-state index in [0.29, 0.717) is 6.61 Å². The maximum atomic E-state index is 10.0. The second-order valence-electron chi connectivity index (χ2n) is 0.925. The van der Waals surface area contributed by atoms with Crippen LogP contribution in [0.2, 0.25) is 0 Å². The molecule has 0 aromatic carbocycles. The van der Waals surface area contributed by atoms with Gasteiger partial charge in [0.15, 0.2) is 8.03 Å². The van der Waals surface area contributed by atoms with Crippen LogP contribution in [0, 0.1) is 0 Å².